The Labute approximate surface area is 96.6 Å². The van der Waals surface area contributed by atoms with Gasteiger partial charge in [0, 0.05) is 5.88 Å². The maximum atomic E-state index is 11.9. The predicted molar refractivity (Wildman–Crippen MR) is 62.0 cm³/mol. The van der Waals surface area contributed by atoms with E-state index in [1.165, 1.54) is 0 Å². The Morgan fingerprint density at radius 1 is 1.67 bits per heavy atom. The van der Waals surface area contributed by atoms with Gasteiger partial charge in [0.1, 0.15) is 0 Å². The van der Waals surface area contributed by atoms with Crippen LogP contribution in [0, 0.1) is 5.41 Å². The molecule has 3 heteroatoms. The maximum absolute atomic E-state index is 11.9. The summed E-state index contributed by atoms with van der Waals surface area (Å²) in [5.41, 5.74) is 0.770. The third-order valence-corrected chi connectivity index (χ3v) is 3.24. The standard InChI is InChI=1S/C12H19ClO2/c1-3-15-11(14)12(7-8-13)6-4-5-10(2)9-12/h2-9H2,1H3. The second-order valence-corrected chi connectivity index (χ2v) is 4.60. The quantitative estimate of drug-likeness (QED) is 0.421. The van der Waals surface area contributed by atoms with Crippen molar-refractivity contribution in [1.82, 2.24) is 0 Å². The number of rotatable bonds is 4. The highest BCUT2D eigenvalue weighted by Gasteiger charge is 2.41. The van der Waals surface area contributed by atoms with E-state index in [1.807, 2.05) is 6.92 Å². The zero-order valence-corrected chi connectivity index (χ0v) is 10.1. The first kappa shape index (κ1) is 12.6. The van der Waals surface area contributed by atoms with Gasteiger partial charge < -0.3 is 4.74 Å². The van der Waals surface area contributed by atoms with Crippen LogP contribution in [0.2, 0.25) is 0 Å². The van der Waals surface area contributed by atoms with Gasteiger partial charge in [0.05, 0.1) is 12.0 Å². The first-order chi connectivity index (χ1) is 7.14. The molecule has 1 aliphatic rings. The van der Waals surface area contributed by atoms with E-state index >= 15 is 0 Å². The van der Waals surface area contributed by atoms with Crippen molar-refractivity contribution in [3.63, 3.8) is 0 Å². The summed E-state index contributed by atoms with van der Waals surface area (Å²) in [7, 11) is 0. The minimum Gasteiger partial charge on any atom is -0.466 e. The number of alkyl halides is 1. The molecule has 0 aromatic heterocycles. The number of hydrogen-bond donors (Lipinski definition) is 0. The Kier molecular flexibility index (Phi) is 4.65. The van der Waals surface area contributed by atoms with Gasteiger partial charge >= 0.3 is 5.97 Å². The Bertz CT molecular complexity index is 246. The summed E-state index contributed by atoms with van der Waals surface area (Å²) >= 11 is 5.78. The smallest absolute Gasteiger partial charge is 0.312 e. The van der Waals surface area contributed by atoms with Crippen molar-refractivity contribution in [3.8, 4) is 0 Å². The molecule has 0 saturated heterocycles. The molecule has 0 bridgehead atoms. The lowest BCUT2D eigenvalue weighted by Gasteiger charge is -2.35. The molecule has 0 radical (unpaired) electrons. The van der Waals surface area contributed by atoms with E-state index in [0.29, 0.717) is 18.9 Å². The van der Waals surface area contributed by atoms with E-state index in [2.05, 4.69) is 6.58 Å². The summed E-state index contributed by atoms with van der Waals surface area (Å²) in [6.07, 6.45) is 4.39. The van der Waals surface area contributed by atoms with E-state index in [1.54, 1.807) is 0 Å². The zero-order valence-electron chi connectivity index (χ0n) is 9.35. The Hall–Kier alpha value is -0.500. The molecule has 1 fully saturated rings. The minimum atomic E-state index is -0.382. The molecule has 1 atom stereocenters. The topological polar surface area (TPSA) is 26.3 Å². The monoisotopic (exact) mass is 230 g/mol. The van der Waals surface area contributed by atoms with Crippen LogP contribution in [0.4, 0.5) is 0 Å². The van der Waals surface area contributed by atoms with Crippen LogP contribution in [0.3, 0.4) is 0 Å². The molecule has 0 heterocycles. The number of halogens is 1. The fraction of sp³-hybridized carbons (Fsp3) is 0.750. The Morgan fingerprint density at radius 2 is 2.40 bits per heavy atom. The number of allylic oxidation sites excluding steroid dienone is 1. The lowest BCUT2D eigenvalue weighted by Crippen LogP contribution is -2.36. The summed E-state index contributed by atoms with van der Waals surface area (Å²) < 4.78 is 5.15. The number of carbonyl (C=O) groups is 1. The van der Waals surface area contributed by atoms with Crippen LogP contribution < -0.4 is 0 Å². The Balaban J connectivity index is 2.76. The van der Waals surface area contributed by atoms with E-state index in [4.69, 9.17) is 16.3 Å². The van der Waals surface area contributed by atoms with Gasteiger partial charge in [-0.25, -0.2) is 0 Å². The molecule has 1 saturated carbocycles. The fourth-order valence-corrected chi connectivity index (χ4v) is 2.65. The first-order valence-electron chi connectivity index (χ1n) is 5.54. The molecule has 0 aliphatic heterocycles. The SMILES string of the molecule is C=C1CCCC(CCCl)(C(=O)OCC)C1. The average Bonchev–Trinajstić information content (AvgIpc) is 2.18. The Morgan fingerprint density at radius 3 is 2.93 bits per heavy atom. The van der Waals surface area contributed by atoms with Crippen LogP contribution in [0.25, 0.3) is 0 Å². The molecular formula is C12H19ClO2. The van der Waals surface area contributed by atoms with Crippen molar-refractivity contribution >= 4 is 17.6 Å². The minimum absolute atomic E-state index is 0.0912. The average molecular weight is 231 g/mol. The number of hydrogen-bond acceptors (Lipinski definition) is 2. The third kappa shape index (κ3) is 2.97. The third-order valence-electron chi connectivity index (χ3n) is 3.06. The van der Waals surface area contributed by atoms with E-state index in [-0.39, 0.29) is 11.4 Å². The molecule has 0 amide bonds. The van der Waals surface area contributed by atoms with Crippen molar-refractivity contribution < 1.29 is 9.53 Å². The summed E-state index contributed by atoms with van der Waals surface area (Å²) in [5, 5.41) is 0. The van der Waals surface area contributed by atoms with Gasteiger partial charge in [0.25, 0.3) is 0 Å². The molecule has 86 valence electrons. The number of carbonyl (C=O) groups excluding carboxylic acids is 1. The van der Waals surface area contributed by atoms with E-state index in [0.717, 1.165) is 31.3 Å². The second kappa shape index (κ2) is 5.55. The molecule has 0 aromatic rings. The molecule has 15 heavy (non-hydrogen) atoms. The molecule has 1 rings (SSSR count). The predicted octanol–water partition coefficient (Wildman–Crippen LogP) is 3.30. The first-order valence-corrected chi connectivity index (χ1v) is 6.08. The molecular weight excluding hydrogens is 212 g/mol. The molecule has 0 spiro atoms. The molecule has 0 aromatic carbocycles. The van der Waals surface area contributed by atoms with Crippen LogP contribution in [-0.2, 0) is 9.53 Å². The van der Waals surface area contributed by atoms with Gasteiger partial charge in [-0.2, -0.15) is 0 Å². The van der Waals surface area contributed by atoms with Gasteiger partial charge in [0.15, 0.2) is 0 Å². The van der Waals surface area contributed by atoms with E-state index in [9.17, 15) is 4.79 Å². The van der Waals surface area contributed by atoms with Crippen molar-refractivity contribution in [2.45, 2.75) is 39.0 Å². The molecule has 1 unspecified atom stereocenters. The van der Waals surface area contributed by atoms with E-state index < -0.39 is 0 Å². The van der Waals surface area contributed by atoms with Crippen molar-refractivity contribution in [2.24, 2.45) is 5.41 Å². The highest BCUT2D eigenvalue weighted by atomic mass is 35.5. The second-order valence-electron chi connectivity index (χ2n) is 4.22. The van der Waals surface area contributed by atoms with Gasteiger partial charge in [-0.15, -0.1) is 11.6 Å². The summed E-state index contributed by atoms with van der Waals surface area (Å²) in [5.74, 6) is 0.415. The summed E-state index contributed by atoms with van der Waals surface area (Å²) in [4.78, 5) is 11.9. The van der Waals surface area contributed by atoms with Crippen LogP contribution in [0.1, 0.15) is 39.0 Å². The van der Waals surface area contributed by atoms with Crippen molar-refractivity contribution in [2.75, 3.05) is 12.5 Å². The maximum Gasteiger partial charge on any atom is 0.312 e. The molecule has 2 nitrogen and oxygen atoms in total. The van der Waals surface area contributed by atoms with Gasteiger partial charge in [0.2, 0.25) is 0 Å². The lowest BCUT2D eigenvalue weighted by molar-refractivity contribution is -0.156. The number of ether oxygens (including phenoxy) is 1. The van der Waals surface area contributed by atoms with Crippen LogP contribution >= 0.6 is 11.6 Å². The molecule has 0 N–H and O–H groups in total. The largest absolute Gasteiger partial charge is 0.466 e. The lowest BCUT2D eigenvalue weighted by atomic mass is 9.70. The summed E-state index contributed by atoms with van der Waals surface area (Å²) in [6, 6.07) is 0. The normalized spacial score (nSPS) is 26.4. The van der Waals surface area contributed by atoms with Crippen LogP contribution in [0.15, 0.2) is 12.2 Å². The fourth-order valence-electron chi connectivity index (χ4n) is 2.29. The van der Waals surface area contributed by atoms with Gasteiger partial charge in [-0.05, 0) is 39.0 Å². The van der Waals surface area contributed by atoms with Crippen molar-refractivity contribution in [1.29, 1.82) is 0 Å². The van der Waals surface area contributed by atoms with Crippen LogP contribution in [0.5, 0.6) is 0 Å². The van der Waals surface area contributed by atoms with Crippen LogP contribution in [-0.4, -0.2) is 18.5 Å². The van der Waals surface area contributed by atoms with Gasteiger partial charge in [-0.1, -0.05) is 12.2 Å². The molecule has 1 aliphatic carbocycles. The number of esters is 1. The highest BCUT2D eigenvalue weighted by molar-refractivity contribution is 6.18. The van der Waals surface area contributed by atoms with Crippen molar-refractivity contribution in [3.05, 3.63) is 12.2 Å². The highest BCUT2D eigenvalue weighted by Crippen LogP contribution is 2.42. The zero-order chi connectivity index (χ0) is 11.3. The van der Waals surface area contributed by atoms with Gasteiger partial charge in [-0.3, -0.25) is 4.79 Å². The summed E-state index contributed by atoms with van der Waals surface area (Å²) in [6.45, 7) is 6.26.